The highest BCUT2D eigenvalue weighted by Crippen LogP contribution is 2.44. The fraction of sp³-hybridized carbons (Fsp3) is 0. The van der Waals surface area contributed by atoms with E-state index in [1.54, 1.807) is 0 Å². The number of benzene rings is 8. The van der Waals surface area contributed by atoms with Gasteiger partial charge in [-0.05, 0) is 76.8 Å². The monoisotopic (exact) mass is 615 g/mol. The molecule has 48 heavy (non-hydrogen) atoms. The Kier molecular flexibility index (Phi) is 5.08. The fourth-order valence-corrected chi connectivity index (χ4v) is 7.60. The second-order valence-corrected chi connectivity index (χ2v) is 12.5. The molecule has 0 aliphatic carbocycles. The summed E-state index contributed by atoms with van der Waals surface area (Å²) in [7, 11) is 0. The molecule has 3 heterocycles. The molecule has 0 atom stereocenters. The van der Waals surface area contributed by atoms with Crippen LogP contribution in [0.15, 0.2) is 165 Å². The van der Waals surface area contributed by atoms with Gasteiger partial charge in [0.1, 0.15) is 33.5 Å². The lowest BCUT2D eigenvalue weighted by Crippen LogP contribution is -2.09. The second-order valence-electron chi connectivity index (χ2n) is 12.5. The summed E-state index contributed by atoms with van der Waals surface area (Å²) in [5.74, 6) is 0. The highest BCUT2D eigenvalue weighted by molar-refractivity contribution is 6.20. The first-order valence-electron chi connectivity index (χ1n) is 16.2. The minimum atomic E-state index is 0.845. The summed E-state index contributed by atoms with van der Waals surface area (Å²) in [5, 5.41) is 11.2. The van der Waals surface area contributed by atoms with E-state index in [1.165, 1.54) is 5.39 Å². The molecule has 11 rings (SSSR count). The normalized spacial score (nSPS) is 12.2. The van der Waals surface area contributed by atoms with Crippen LogP contribution in [0.25, 0.3) is 87.4 Å². The van der Waals surface area contributed by atoms with Crippen LogP contribution in [-0.2, 0) is 0 Å². The van der Waals surface area contributed by atoms with Gasteiger partial charge in [-0.3, -0.25) is 0 Å². The van der Waals surface area contributed by atoms with Crippen LogP contribution in [-0.4, -0.2) is 0 Å². The van der Waals surface area contributed by atoms with Crippen molar-refractivity contribution in [1.29, 1.82) is 0 Å². The van der Waals surface area contributed by atoms with Crippen LogP contribution >= 0.6 is 0 Å². The van der Waals surface area contributed by atoms with Crippen molar-refractivity contribution in [2.24, 2.45) is 0 Å². The van der Waals surface area contributed by atoms with Crippen LogP contribution in [0.1, 0.15) is 0 Å². The molecule has 0 amide bonds. The fourth-order valence-electron chi connectivity index (χ4n) is 7.60. The molecule has 0 saturated carbocycles. The van der Waals surface area contributed by atoms with Crippen LogP contribution in [0.4, 0.5) is 17.1 Å². The Labute approximate surface area is 273 Å². The Morgan fingerprint density at radius 1 is 0.312 bits per heavy atom. The van der Waals surface area contributed by atoms with Gasteiger partial charge in [0.05, 0.1) is 0 Å². The van der Waals surface area contributed by atoms with Gasteiger partial charge in [0.2, 0.25) is 0 Å². The average Bonchev–Trinajstić information content (AvgIpc) is 3.82. The Bertz CT molecular complexity index is 3090. The predicted molar refractivity (Wildman–Crippen MR) is 198 cm³/mol. The summed E-state index contributed by atoms with van der Waals surface area (Å²) in [6.45, 7) is 0. The number of rotatable bonds is 3. The zero-order chi connectivity index (χ0) is 31.3. The molecule has 11 aromatic rings. The quantitative estimate of drug-likeness (QED) is 0.198. The summed E-state index contributed by atoms with van der Waals surface area (Å²) in [4.78, 5) is 2.29. The summed E-state index contributed by atoms with van der Waals surface area (Å²) in [6, 6.07) is 53.1. The van der Waals surface area contributed by atoms with E-state index in [2.05, 4.69) is 132 Å². The van der Waals surface area contributed by atoms with Crippen molar-refractivity contribution in [2.75, 3.05) is 4.90 Å². The lowest BCUT2D eigenvalue weighted by molar-refractivity contribution is 0.668. The predicted octanol–water partition coefficient (Wildman–Crippen LogP) is 13.2. The number of fused-ring (bicyclic) bond motifs is 13. The van der Waals surface area contributed by atoms with E-state index < -0.39 is 0 Å². The third kappa shape index (κ3) is 3.60. The highest BCUT2D eigenvalue weighted by atomic mass is 16.3. The van der Waals surface area contributed by atoms with Crippen molar-refractivity contribution in [1.82, 2.24) is 0 Å². The Balaban J connectivity index is 1.18. The number of nitrogens with zero attached hydrogens (tertiary/aromatic N) is 1. The minimum Gasteiger partial charge on any atom is -0.456 e. The number of hydrogen-bond donors (Lipinski definition) is 0. The minimum absolute atomic E-state index is 0.845. The number of para-hydroxylation sites is 2. The van der Waals surface area contributed by atoms with Crippen molar-refractivity contribution in [3.63, 3.8) is 0 Å². The molecule has 0 saturated heterocycles. The van der Waals surface area contributed by atoms with Gasteiger partial charge in [-0.15, -0.1) is 0 Å². The molecule has 0 aliphatic rings. The van der Waals surface area contributed by atoms with Crippen molar-refractivity contribution < 1.29 is 13.3 Å². The molecule has 0 radical (unpaired) electrons. The number of hydrogen-bond acceptors (Lipinski definition) is 4. The van der Waals surface area contributed by atoms with Crippen LogP contribution < -0.4 is 4.90 Å². The zero-order valence-corrected chi connectivity index (χ0v) is 25.6. The van der Waals surface area contributed by atoms with Gasteiger partial charge in [0, 0.05) is 66.9 Å². The second kappa shape index (κ2) is 9.50. The summed E-state index contributed by atoms with van der Waals surface area (Å²) >= 11 is 0. The first kappa shape index (κ1) is 25.6. The number of furan rings is 3. The van der Waals surface area contributed by atoms with Crippen LogP contribution in [0.3, 0.4) is 0 Å². The molecule has 8 aromatic carbocycles. The topological polar surface area (TPSA) is 42.7 Å². The molecule has 0 aliphatic heterocycles. The first-order valence-corrected chi connectivity index (χ1v) is 16.2. The maximum Gasteiger partial charge on any atom is 0.143 e. The standard InChI is InChI=1S/C44H25NO3/c1-2-8-31-26(7-1)14-19-35-34-21-18-30(25-42(34)48-44(31)35)45(29-17-20-33-32-9-3-5-11-38(32)47-41(33)24-29)28-16-13-27-15-22-40-43(37(27)23-28)36-10-4-6-12-39(36)46-40/h1-25H. The van der Waals surface area contributed by atoms with E-state index in [-0.39, 0.29) is 0 Å². The van der Waals surface area contributed by atoms with Gasteiger partial charge in [-0.1, -0.05) is 78.9 Å². The summed E-state index contributed by atoms with van der Waals surface area (Å²) in [5.41, 5.74) is 8.26. The molecular weight excluding hydrogens is 590 g/mol. The van der Waals surface area contributed by atoms with Gasteiger partial charge in [-0.2, -0.15) is 0 Å². The largest absolute Gasteiger partial charge is 0.456 e. The van der Waals surface area contributed by atoms with Crippen LogP contribution in [0.2, 0.25) is 0 Å². The van der Waals surface area contributed by atoms with E-state index in [1.807, 2.05) is 24.3 Å². The van der Waals surface area contributed by atoms with Crippen LogP contribution in [0.5, 0.6) is 0 Å². The maximum atomic E-state index is 6.65. The van der Waals surface area contributed by atoms with E-state index in [0.717, 1.165) is 99.0 Å². The molecule has 224 valence electrons. The van der Waals surface area contributed by atoms with E-state index in [0.29, 0.717) is 0 Å². The van der Waals surface area contributed by atoms with E-state index in [4.69, 9.17) is 13.3 Å². The smallest absolute Gasteiger partial charge is 0.143 e. The Hall–Kier alpha value is -6.52. The lowest BCUT2D eigenvalue weighted by Gasteiger charge is -2.26. The molecule has 0 spiro atoms. The van der Waals surface area contributed by atoms with Crippen molar-refractivity contribution in [3.05, 3.63) is 152 Å². The van der Waals surface area contributed by atoms with Gasteiger partial charge in [0.25, 0.3) is 0 Å². The zero-order valence-electron chi connectivity index (χ0n) is 25.6. The highest BCUT2D eigenvalue weighted by Gasteiger charge is 2.20. The summed E-state index contributed by atoms with van der Waals surface area (Å²) in [6.07, 6.45) is 0. The van der Waals surface area contributed by atoms with E-state index >= 15 is 0 Å². The SMILES string of the molecule is c1ccc2c(c1)ccc1c3ccc(N(c4ccc5c(c4)oc4ccccc45)c4ccc5ccc6oc7ccccc7c6c5c4)cc3oc21. The average molecular weight is 616 g/mol. The third-order valence-corrected chi connectivity index (χ3v) is 9.83. The Morgan fingerprint density at radius 2 is 0.833 bits per heavy atom. The number of anilines is 3. The van der Waals surface area contributed by atoms with Gasteiger partial charge >= 0.3 is 0 Å². The van der Waals surface area contributed by atoms with Crippen molar-refractivity contribution >= 4 is 104 Å². The lowest BCUT2D eigenvalue weighted by atomic mass is 10.0. The third-order valence-electron chi connectivity index (χ3n) is 9.83. The molecule has 0 fully saturated rings. The molecule has 4 heteroatoms. The van der Waals surface area contributed by atoms with Crippen molar-refractivity contribution in [2.45, 2.75) is 0 Å². The first-order chi connectivity index (χ1) is 23.8. The van der Waals surface area contributed by atoms with Crippen LogP contribution in [0, 0.1) is 0 Å². The molecule has 0 N–H and O–H groups in total. The maximum absolute atomic E-state index is 6.65. The summed E-state index contributed by atoms with van der Waals surface area (Å²) < 4.78 is 19.3. The van der Waals surface area contributed by atoms with Gasteiger partial charge < -0.3 is 18.2 Å². The molecular formula is C44H25NO3. The molecule has 3 aromatic heterocycles. The molecule has 0 bridgehead atoms. The van der Waals surface area contributed by atoms with Gasteiger partial charge in [-0.25, -0.2) is 0 Å². The van der Waals surface area contributed by atoms with E-state index in [9.17, 15) is 0 Å². The molecule has 4 nitrogen and oxygen atoms in total. The van der Waals surface area contributed by atoms with Gasteiger partial charge in [0.15, 0.2) is 0 Å². The Morgan fingerprint density at radius 3 is 1.67 bits per heavy atom. The molecule has 0 unspecified atom stereocenters. The van der Waals surface area contributed by atoms with Crippen molar-refractivity contribution in [3.8, 4) is 0 Å².